The van der Waals surface area contributed by atoms with Crippen LogP contribution in [0.15, 0.2) is 42.5 Å². The van der Waals surface area contributed by atoms with Crippen LogP contribution < -0.4 is 5.32 Å². The highest BCUT2D eigenvalue weighted by Gasteiger charge is 2.37. The average Bonchev–Trinajstić information content (AvgIpc) is 2.61. The number of aryl methyl sites for hydroxylation is 1. The van der Waals surface area contributed by atoms with Gasteiger partial charge in [0.2, 0.25) is 0 Å². The van der Waals surface area contributed by atoms with Crippen LogP contribution in [0.1, 0.15) is 38.7 Å². The Labute approximate surface area is 157 Å². The Bertz CT molecular complexity index is 813. The molecule has 2 rings (SSSR count). The molecule has 0 heterocycles. The summed E-state index contributed by atoms with van der Waals surface area (Å²) in [5.74, 6) is -1.06. The highest BCUT2D eigenvalue weighted by molar-refractivity contribution is 5.94. The summed E-state index contributed by atoms with van der Waals surface area (Å²) in [7, 11) is 1.38. The topological polar surface area (TPSA) is 38.3 Å². The van der Waals surface area contributed by atoms with Crippen molar-refractivity contribution in [2.45, 2.75) is 25.4 Å². The van der Waals surface area contributed by atoms with Crippen LogP contribution in [0.25, 0.3) is 0 Å². The molecule has 0 aliphatic heterocycles. The number of rotatable bonds is 5. The predicted octanol–water partition coefficient (Wildman–Crippen LogP) is 5.15. The third-order valence-corrected chi connectivity index (χ3v) is 4.12. The summed E-state index contributed by atoms with van der Waals surface area (Å²) in [5, 5.41) is 2.33. The Morgan fingerprint density at radius 1 is 1.00 bits per heavy atom. The van der Waals surface area contributed by atoms with Gasteiger partial charge in [0.25, 0.3) is 5.91 Å². The lowest BCUT2D eigenvalue weighted by Gasteiger charge is -2.19. The second-order valence-electron chi connectivity index (χ2n) is 6.09. The van der Waals surface area contributed by atoms with Crippen LogP contribution >= 0.6 is 0 Å². The molecular weight excluding hydrogens is 388 g/mol. The minimum atomic E-state index is -5.02. The number of hydrogen-bond acceptors (Lipinski definition) is 2. The van der Waals surface area contributed by atoms with Gasteiger partial charge in [0.05, 0.1) is 17.2 Å². The maximum Gasteiger partial charge on any atom is 0.416 e. The molecule has 3 nitrogen and oxygen atoms in total. The highest BCUT2D eigenvalue weighted by Crippen LogP contribution is 2.36. The van der Waals surface area contributed by atoms with E-state index in [1.165, 1.54) is 7.11 Å². The zero-order valence-electron chi connectivity index (χ0n) is 14.9. The van der Waals surface area contributed by atoms with Crippen molar-refractivity contribution in [3.63, 3.8) is 0 Å². The summed E-state index contributed by atoms with van der Waals surface area (Å²) in [5.41, 5.74) is -2.22. The Hall–Kier alpha value is -2.55. The molecule has 0 saturated heterocycles. The first kappa shape index (κ1) is 21.7. The molecule has 9 heteroatoms. The number of alkyl halides is 6. The lowest BCUT2D eigenvalue weighted by molar-refractivity contribution is -0.143. The fourth-order valence-corrected chi connectivity index (χ4v) is 2.64. The lowest BCUT2D eigenvalue weighted by atomic mass is 10.0. The van der Waals surface area contributed by atoms with E-state index in [1.54, 1.807) is 18.2 Å². The van der Waals surface area contributed by atoms with E-state index in [9.17, 15) is 31.1 Å². The van der Waals surface area contributed by atoms with Gasteiger partial charge in [-0.25, -0.2) is 0 Å². The Balaban J connectivity index is 2.27. The van der Waals surface area contributed by atoms with Gasteiger partial charge in [-0.15, -0.1) is 0 Å². The molecule has 28 heavy (non-hydrogen) atoms. The molecule has 2 aromatic carbocycles. The van der Waals surface area contributed by atoms with Gasteiger partial charge >= 0.3 is 12.4 Å². The van der Waals surface area contributed by atoms with Gasteiger partial charge in [0.15, 0.2) is 0 Å². The van der Waals surface area contributed by atoms with Gasteiger partial charge in [-0.1, -0.05) is 24.3 Å². The first-order chi connectivity index (χ1) is 12.9. The molecule has 1 amide bonds. The first-order valence-electron chi connectivity index (χ1n) is 8.09. The van der Waals surface area contributed by atoms with Gasteiger partial charge in [-0.05, 0) is 36.2 Å². The third kappa shape index (κ3) is 5.25. The van der Waals surface area contributed by atoms with Crippen molar-refractivity contribution in [3.8, 4) is 0 Å². The van der Waals surface area contributed by atoms with Gasteiger partial charge < -0.3 is 10.1 Å². The number of amides is 1. The minimum Gasteiger partial charge on any atom is -0.375 e. The number of methoxy groups -OCH3 is 1. The van der Waals surface area contributed by atoms with Crippen molar-refractivity contribution in [3.05, 3.63) is 70.3 Å². The van der Waals surface area contributed by atoms with Crippen LogP contribution in [0.3, 0.4) is 0 Å². The molecule has 0 aliphatic carbocycles. The van der Waals surface area contributed by atoms with E-state index in [0.717, 1.165) is 11.1 Å². The maximum absolute atomic E-state index is 12.9. The smallest absolute Gasteiger partial charge is 0.375 e. The molecule has 152 valence electrons. The fourth-order valence-electron chi connectivity index (χ4n) is 2.64. The molecular formula is C19H17F6NO2. The Kier molecular flexibility index (Phi) is 6.38. The van der Waals surface area contributed by atoms with E-state index in [4.69, 9.17) is 4.74 Å². The molecule has 1 atom stereocenters. The van der Waals surface area contributed by atoms with Crippen LogP contribution in [-0.2, 0) is 17.1 Å². The molecule has 0 fully saturated rings. The number of benzene rings is 2. The molecule has 0 bridgehead atoms. The molecule has 2 aromatic rings. The normalized spacial score (nSPS) is 13.3. The largest absolute Gasteiger partial charge is 0.416 e. The Morgan fingerprint density at radius 3 is 2.00 bits per heavy atom. The van der Waals surface area contributed by atoms with Crippen LogP contribution in [0, 0.1) is 6.92 Å². The molecule has 1 N–H and O–H groups in total. The van der Waals surface area contributed by atoms with Gasteiger partial charge in [-0.3, -0.25) is 4.79 Å². The zero-order valence-corrected chi connectivity index (χ0v) is 14.9. The fraction of sp³-hybridized carbons (Fsp3) is 0.316. The standard InChI is InChI=1S/C19H17F6NO2/c1-11-5-3-4-6-15(11)16(28-2)10-26-17(27)12-7-13(18(20,21)22)9-14(8-12)19(23,24)25/h3-9,16H,10H2,1-2H3,(H,26,27). The van der Waals surface area contributed by atoms with E-state index in [-0.39, 0.29) is 12.6 Å². The minimum absolute atomic E-state index is 0.0257. The van der Waals surface area contributed by atoms with Gasteiger partial charge in [0.1, 0.15) is 0 Å². The summed E-state index contributed by atoms with van der Waals surface area (Å²) in [6, 6.07) is 7.86. The van der Waals surface area contributed by atoms with E-state index in [0.29, 0.717) is 12.1 Å². The van der Waals surface area contributed by atoms with Crippen molar-refractivity contribution in [1.82, 2.24) is 5.32 Å². The Morgan fingerprint density at radius 2 is 1.54 bits per heavy atom. The quantitative estimate of drug-likeness (QED) is 0.699. The second kappa shape index (κ2) is 8.22. The number of hydrogen-bond donors (Lipinski definition) is 1. The van der Waals surface area contributed by atoms with Crippen LogP contribution in [0.4, 0.5) is 26.3 Å². The van der Waals surface area contributed by atoms with Crippen LogP contribution in [-0.4, -0.2) is 19.6 Å². The average molecular weight is 405 g/mol. The zero-order chi connectivity index (χ0) is 21.1. The lowest BCUT2D eigenvalue weighted by Crippen LogP contribution is -2.30. The third-order valence-electron chi connectivity index (χ3n) is 4.12. The molecule has 0 spiro atoms. The van der Waals surface area contributed by atoms with Crippen LogP contribution in [0.5, 0.6) is 0 Å². The van der Waals surface area contributed by atoms with E-state index >= 15 is 0 Å². The predicted molar refractivity (Wildman–Crippen MR) is 89.7 cm³/mol. The summed E-state index contributed by atoms with van der Waals surface area (Å²) < 4.78 is 82.8. The van der Waals surface area contributed by atoms with E-state index in [1.807, 2.05) is 13.0 Å². The van der Waals surface area contributed by atoms with Crippen molar-refractivity contribution in [1.29, 1.82) is 0 Å². The summed E-state index contributed by atoms with van der Waals surface area (Å²) in [6.45, 7) is 1.68. The van der Waals surface area contributed by atoms with Crippen LogP contribution in [0.2, 0.25) is 0 Å². The number of nitrogens with one attached hydrogen (secondary N) is 1. The van der Waals surface area contributed by atoms with Crippen molar-refractivity contribution >= 4 is 5.91 Å². The first-order valence-corrected chi connectivity index (χ1v) is 8.09. The summed E-state index contributed by atoms with van der Waals surface area (Å²) in [4.78, 5) is 12.2. The molecule has 0 saturated carbocycles. The molecule has 0 aromatic heterocycles. The molecule has 0 radical (unpaired) electrons. The maximum atomic E-state index is 12.9. The number of ether oxygens (including phenoxy) is 1. The van der Waals surface area contributed by atoms with Crippen molar-refractivity contribution in [2.24, 2.45) is 0 Å². The number of carbonyl (C=O) groups is 1. The van der Waals surface area contributed by atoms with E-state index in [2.05, 4.69) is 5.32 Å². The van der Waals surface area contributed by atoms with Crippen molar-refractivity contribution < 1.29 is 35.9 Å². The molecule has 1 unspecified atom stereocenters. The highest BCUT2D eigenvalue weighted by atomic mass is 19.4. The van der Waals surface area contributed by atoms with E-state index < -0.39 is 41.1 Å². The summed E-state index contributed by atoms with van der Waals surface area (Å²) in [6.07, 6.45) is -10.7. The number of carbonyl (C=O) groups excluding carboxylic acids is 1. The SMILES string of the molecule is COC(CNC(=O)c1cc(C(F)(F)F)cc(C(F)(F)F)c1)c1ccccc1C. The van der Waals surface area contributed by atoms with Gasteiger partial charge in [-0.2, -0.15) is 26.3 Å². The summed E-state index contributed by atoms with van der Waals surface area (Å²) >= 11 is 0. The van der Waals surface area contributed by atoms with Crippen molar-refractivity contribution in [2.75, 3.05) is 13.7 Å². The number of halogens is 6. The van der Waals surface area contributed by atoms with Gasteiger partial charge in [0, 0.05) is 19.2 Å². The second-order valence-corrected chi connectivity index (χ2v) is 6.09. The monoisotopic (exact) mass is 405 g/mol. The molecule has 0 aliphatic rings.